The number of aromatic nitrogens is 1. The summed E-state index contributed by atoms with van der Waals surface area (Å²) in [6.45, 7) is 10.9. The average molecular weight is 545 g/mol. The first-order valence-electron chi connectivity index (χ1n) is 13.7. The summed E-state index contributed by atoms with van der Waals surface area (Å²) < 4.78 is 0. The lowest BCUT2D eigenvalue weighted by Gasteiger charge is -2.35. The molecule has 2 aromatic carbocycles. The molecule has 39 heavy (non-hydrogen) atoms. The number of aryl methyl sites for hydroxylation is 2. The Bertz CT molecular complexity index is 1410. The molecule has 0 aliphatic carbocycles. The second kappa shape index (κ2) is 10.9. The van der Waals surface area contributed by atoms with Crippen molar-refractivity contribution >= 4 is 29.1 Å². The van der Waals surface area contributed by atoms with Gasteiger partial charge in [0.1, 0.15) is 12.1 Å². The molecule has 1 fully saturated rings. The van der Waals surface area contributed by atoms with Crippen LogP contribution in [0.2, 0.25) is 0 Å². The standard InChI is InChI=1S/C31H36N4O3S/c1-18(2)27(35-16-23-9-6-7-10-25(23)30(35)37)31(38)34-14-8-11-26(34)29(36)33-20(4)24-13-12-22(15-19(24)3)28-21(5)32-17-39-28/h6-7,9-10,12-13,15,17-18,20,26-27H,8,11,14,16H2,1-5H3,(H,33,36)/t20-,26-,27?/m0/s1. The highest BCUT2D eigenvalue weighted by Crippen LogP contribution is 2.32. The van der Waals surface area contributed by atoms with Gasteiger partial charge >= 0.3 is 0 Å². The first-order valence-corrected chi connectivity index (χ1v) is 14.6. The number of hydrogen-bond donors (Lipinski definition) is 1. The topological polar surface area (TPSA) is 82.6 Å². The summed E-state index contributed by atoms with van der Waals surface area (Å²) in [4.78, 5) is 49.5. The van der Waals surface area contributed by atoms with Crippen LogP contribution in [0.5, 0.6) is 0 Å². The minimum absolute atomic E-state index is 0.0812. The molecule has 3 atom stereocenters. The molecule has 1 saturated heterocycles. The normalized spacial score (nSPS) is 18.4. The van der Waals surface area contributed by atoms with Gasteiger partial charge in [-0.3, -0.25) is 14.4 Å². The van der Waals surface area contributed by atoms with E-state index < -0.39 is 12.1 Å². The van der Waals surface area contributed by atoms with Gasteiger partial charge in [-0.1, -0.05) is 50.2 Å². The van der Waals surface area contributed by atoms with E-state index in [1.54, 1.807) is 21.1 Å². The smallest absolute Gasteiger partial charge is 0.255 e. The van der Waals surface area contributed by atoms with E-state index in [2.05, 4.69) is 35.4 Å². The molecule has 2 aliphatic rings. The highest BCUT2D eigenvalue weighted by molar-refractivity contribution is 7.13. The van der Waals surface area contributed by atoms with Crippen molar-refractivity contribution in [2.24, 2.45) is 5.92 Å². The van der Waals surface area contributed by atoms with Gasteiger partial charge in [-0.15, -0.1) is 11.3 Å². The molecule has 0 saturated carbocycles. The number of rotatable bonds is 7. The fourth-order valence-corrected chi connectivity index (χ4v) is 6.82. The number of thiazole rings is 1. The van der Waals surface area contributed by atoms with Gasteiger partial charge in [0.05, 0.1) is 22.1 Å². The zero-order valence-electron chi connectivity index (χ0n) is 23.2. The van der Waals surface area contributed by atoms with Crippen LogP contribution >= 0.6 is 11.3 Å². The molecular formula is C31H36N4O3S. The summed E-state index contributed by atoms with van der Waals surface area (Å²) in [5, 5.41) is 3.17. The van der Waals surface area contributed by atoms with Gasteiger partial charge < -0.3 is 15.1 Å². The second-order valence-electron chi connectivity index (χ2n) is 11.0. The van der Waals surface area contributed by atoms with Crippen LogP contribution in [0.25, 0.3) is 10.4 Å². The molecule has 3 amide bonds. The molecule has 0 spiro atoms. The molecule has 7 nitrogen and oxygen atoms in total. The van der Waals surface area contributed by atoms with Crippen molar-refractivity contribution in [3.05, 3.63) is 75.9 Å². The Morgan fingerprint density at radius 2 is 1.87 bits per heavy atom. The highest BCUT2D eigenvalue weighted by Gasteiger charge is 2.43. The first kappa shape index (κ1) is 27.1. The Balaban J connectivity index is 1.30. The highest BCUT2D eigenvalue weighted by atomic mass is 32.1. The number of carbonyl (C=O) groups is 3. The van der Waals surface area contributed by atoms with Crippen molar-refractivity contribution in [2.75, 3.05) is 6.54 Å². The van der Waals surface area contributed by atoms with Crippen LogP contribution in [0.4, 0.5) is 0 Å². The summed E-state index contributed by atoms with van der Waals surface area (Å²) in [6, 6.07) is 12.5. The van der Waals surface area contributed by atoms with Crippen molar-refractivity contribution < 1.29 is 14.4 Å². The van der Waals surface area contributed by atoms with Gasteiger partial charge in [0.2, 0.25) is 11.8 Å². The van der Waals surface area contributed by atoms with Gasteiger partial charge in [-0.05, 0) is 67.9 Å². The molecule has 1 unspecified atom stereocenters. The maximum absolute atomic E-state index is 13.9. The predicted molar refractivity (Wildman–Crippen MR) is 153 cm³/mol. The van der Waals surface area contributed by atoms with Crippen LogP contribution in [-0.2, 0) is 16.1 Å². The minimum Gasteiger partial charge on any atom is -0.348 e. The molecule has 8 heteroatoms. The van der Waals surface area contributed by atoms with Crippen LogP contribution in [0.3, 0.4) is 0 Å². The molecule has 1 N–H and O–H groups in total. The predicted octanol–water partition coefficient (Wildman–Crippen LogP) is 5.28. The Hall–Kier alpha value is -3.52. The maximum atomic E-state index is 13.9. The number of amides is 3. The van der Waals surface area contributed by atoms with E-state index in [4.69, 9.17) is 0 Å². The lowest BCUT2D eigenvalue weighted by Crippen LogP contribution is -2.55. The van der Waals surface area contributed by atoms with Crippen molar-refractivity contribution in [1.29, 1.82) is 0 Å². The number of nitrogens with one attached hydrogen (secondary N) is 1. The van der Waals surface area contributed by atoms with E-state index >= 15 is 0 Å². The number of nitrogens with zero attached hydrogens (tertiary/aromatic N) is 3. The van der Waals surface area contributed by atoms with E-state index in [-0.39, 0.29) is 29.7 Å². The van der Waals surface area contributed by atoms with E-state index in [1.807, 2.05) is 57.5 Å². The fraction of sp³-hybridized carbons (Fsp3) is 0.419. The first-order chi connectivity index (χ1) is 18.7. The maximum Gasteiger partial charge on any atom is 0.255 e. The lowest BCUT2D eigenvalue weighted by atomic mass is 9.98. The molecule has 3 heterocycles. The monoisotopic (exact) mass is 544 g/mol. The van der Waals surface area contributed by atoms with Gasteiger partial charge in [0, 0.05) is 18.7 Å². The molecule has 2 aliphatic heterocycles. The van der Waals surface area contributed by atoms with Crippen LogP contribution < -0.4 is 5.32 Å². The molecule has 0 radical (unpaired) electrons. The third kappa shape index (κ3) is 5.10. The average Bonchev–Trinajstić information content (AvgIpc) is 3.63. The van der Waals surface area contributed by atoms with E-state index in [1.165, 1.54) is 0 Å². The molecule has 3 aromatic rings. The molecule has 5 rings (SSSR count). The van der Waals surface area contributed by atoms with Gasteiger partial charge in [0.15, 0.2) is 0 Å². The molecule has 204 valence electrons. The molecule has 1 aromatic heterocycles. The number of likely N-dealkylation sites (tertiary alicyclic amines) is 1. The summed E-state index contributed by atoms with van der Waals surface area (Å²) in [5.41, 5.74) is 7.74. The Kier molecular flexibility index (Phi) is 7.58. The van der Waals surface area contributed by atoms with E-state index in [9.17, 15) is 14.4 Å². The Morgan fingerprint density at radius 1 is 1.10 bits per heavy atom. The third-order valence-corrected chi connectivity index (χ3v) is 8.99. The van der Waals surface area contributed by atoms with Gasteiger partial charge in [-0.2, -0.15) is 0 Å². The second-order valence-corrected chi connectivity index (χ2v) is 11.9. The van der Waals surface area contributed by atoms with Crippen LogP contribution in [-0.4, -0.2) is 51.1 Å². The van der Waals surface area contributed by atoms with Crippen LogP contribution in [0, 0.1) is 19.8 Å². The number of carbonyl (C=O) groups excluding carboxylic acids is 3. The summed E-state index contributed by atoms with van der Waals surface area (Å²) in [6.07, 6.45) is 1.38. The minimum atomic E-state index is -0.610. The van der Waals surface area contributed by atoms with Gasteiger partial charge in [0.25, 0.3) is 5.91 Å². The van der Waals surface area contributed by atoms with Gasteiger partial charge in [-0.25, -0.2) is 4.98 Å². The van der Waals surface area contributed by atoms with Crippen molar-refractivity contribution in [3.63, 3.8) is 0 Å². The summed E-state index contributed by atoms with van der Waals surface area (Å²) in [5.74, 6) is -0.480. The van der Waals surface area contributed by atoms with Crippen molar-refractivity contribution in [2.45, 2.75) is 72.1 Å². The number of fused-ring (bicyclic) bond motifs is 1. The molecule has 0 bridgehead atoms. The SMILES string of the molecule is Cc1cc(-c2scnc2C)ccc1[C@H](C)NC(=O)[C@@H]1CCCN1C(=O)C(C(C)C)N1Cc2ccccc2C1=O. The summed E-state index contributed by atoms with van der Waals surface area (Å²) in [7, 11) is 0. The number of hydrogen-bond acceptors (Lipinski definition) is 5. The van der Waals surface area contributed by atoms with Crippen molar-refractivity contribution in [1.82, 2.24) is 20.1 Å². The zero-order chi connectivity index (χ0) is 27.8. The fourth-order valence-electron chi connectivity index (χ4n) is 6.02. The Morgan fingerprint density at radius 3 is 2.54 bits per heavy atom. The third-order valence-electron chi connectivity index (χ3n) is 8.01. The Labute approximate surface area is 234 Å². The van der Waals surface area contributed by atoms with Crippen LogP contribution in [0.15, 0.2) is 48.0 Å². The quantitative estimate of drug-likeness (QED) is 0.439. The number of benzene rings is 2. The largest absolute Gasteiger partial charge is 0.348 e. The van der Waals surface area contributed by atoms with E-state index in [0.717, 1.165) is 39.2 Å². The zero-order valence-corrected chi connectivity index (χ0v) is 24.0. The lowest BCUT2D eigenvalue weighted by molar-refractivity contribution is -0.143. The van der Waals surface area contributed by atoms with Crippen molar-refractivity contribution in [3.8, 4) is 10.4 Å². The summed E-state index contributed by atoms with van der Waals surface area (Å²) >= 11 is 1.62. The van der Waals surface area contributed by atoms with Crippen LogP contribution in [0.1, 0.15) is 72.4 Å². The molecular weight excluding hydrogens is 508 g/mol. The van der Waals surface area contributed by atoms with E-state index in [0.29, 0.717) is 25.1 Å².